The lowest BCUT2D eigenvalue weighted by Gasteiger charge is -2.55. The number of hydrogen-bond donors (Lipinski definition) is 1. The molecule has 1 unspecified atom stereocenters. The molecule has 3 saturated heterocycles. The van der Waals surface area contributed by atoms with Gasteiger partial charge in [-0.2, -0.15) is 5.26 Å². The van der Waals surface area contributed by atoms with Gasteiger partial charge in [0.2, 0.25) is 5.91 Å². The van der Waals surface area contributed by atoms with E-state index in [0.717, 1.165) is 29.8 Å². The highest BCUT2D eigenvalue weighted by molar-refractivity contribution is 5.79. The zero-order valence-electron chi connectivity index (χ0n) is 16.7. The zero-order valence-corrected chi connectivity index (χ0v) is 16.7. The Morgan fingerprint density at radius 3 is 2.10 bits per heavy atom. The molecule has 1 amide bonds. The van der Waals surface area contributed by atoms with E-state index in [2.05, 4.69) is 35.7 Å². The quantitative estimate of drug-likeness (QED) is 0.735. The molecule has 4 heteroatoms. The molecule has 2 bridgehead atoms. The summed E-state index contributed by atoms with van der Waals surface area (Å²) in [5.41, 5.74) is 5.35. The number of benzene rings is 3. The summed E-state index contributed by atoms with van der Waals surface area (Å²) in [7, 11) is 0. The minimum absolute atomic E-state index is 0.215. The average Bonchev–Trinajstić information content (AvgIpc) is 2.80. The van der Waals surface area contributed by atoms with Gasteiger partial charge in [0.25, 0.3) is 0 Å². The first-order chi connectivity index (χ1) is 14.7. The predicted molar refractivity (Wildman–Crippen MR) is 117 cm³/mol. The van der Waals surface area contributed by atoms with E-state index >= 15 is 0 Å². The second-order valence-corrected chi connectivity index (χ2v) is 8.18. The van der Waals surface area contributed by atoms with Crippen LogP contribution < -0.4 is 5.32 Å². The molecule has 0 radical (unpaired) electrons. The molecule has 6 rings (SSSR count). The van der Waals surface area contributed by atoms with Crippen LogP contribution in [0.3, 0.4) is 0 Å². The Kier molecular flexibility index (Phi) is 4.82. The molecule has 4 nitrogen and oxygen atoms in total. The highest BCUT2D eigenvalue weighted by Crippen LogP contribution is 2.37. The molecule has 3 atom stereocenters. The summed E-state index contributed by atoms with van der Waals surface area (Å²) in [5.74, 6) is 0.674. The van der Waals surface area contributed by atoms with Crippen LogP contribution in [0.25, 0.3) is 11.1 Å². The largest absolute Gasteiger partial charge is 0.339 e. The summed E-state index contributed by atoms with van der Waals surface area (Å²) in [5, 5.41) is 12.6. The van der Waals surface area contributed by atoms with Gasteiger partial charge in [0.15, 0.2) is 0 Å². The van der Waals surface area contributed by atoms with Gasteiger partial charge in [0.1, 0.15) is 0 Å². The van der Waals surface area contributed by atoms with Crippen LogP contribution in [0.4, 0.5) is 0 Å². The number of hydrogen-bond acceptors (Lipinski definition) is 3. The third-order valence-electron chi connectivity index (χ3n) is 6.32. The van der Waals surface area contributed by atoms with Crippen LogP contribution in [0.5, 0.6) is 0 Å². The molecule has 1 N–H and O–H groups in total. The predicted octanol–water partition coefficient (Wildman–Crippen LogP) is 3.73. The first-order valence-corrected chi connectivity index (χ1v) is 10.4. The molecule has 0 aliphatic carbocycles. The van der Waals surface area contributed by atoms with Crippen molar-refractivity contribution in [2.45, 2.75) is 24.4 Å². The van der Waals surface area contributed by atoms with Crippen molar-refractivity contribution in [3.63, 3.8) is 0 Å². The number of nitrogens with one attached hydrogen (secondary N) is 1. The normalized spacial score (nSPS) is 22.1. The summed E-state index contributed by atoms with van der Waals surface area (Å²) in [6.07, 6.45) is 0.476. The molecule has 0 spiro atoms. The average molecular weight is 393 g/mol. The number of carbonyl (C=O) groups is 1. The van der Waals surface area contributed by atoms with E-state index in [1.807, 2.05) is 59.5 Å². The van der Waals surface area contributed by atoms with E-state index in [1.165, 1.54) is 5.56 Å². The lowest BCUT2D eigenvalue weighted by molar-refractivity contribution is -0.135. The van der Waals surface area contributed by atoms with Crippen molar-refractivity contribution in [1.29, 1.82) is 5.26 Å². The van der Waals surface area contributed by atoms with E-state index in [-0.39, 0.29) is 5.91 Å². The van der Waals surface area contributed by atoms with Gasteiger partial charge in [0.05, 0.1) is 18.1 Å². The van der Waals surface area contributed by atoms with Crippen molar-refractivity contribution in [1.82, 2.24) is 10.2 Å². The molecule has 0 saturated carbocycles. The number of fused-ring (bicyclic) bond motifs is 2. The molecular formula is C26H23N3O. The maximum absolute atomic E-state index is 12.7. The molecule has 3 aliphatic heterocycles. The first-order valence-electron chi connectivity index (χ1n) is 10.4. The highest BCUT2D eigenvalue weighted by Gasteiger charge is 2.47. The van der Waals surface area contributed by atoms with Crippen molar-refractivity contribution in [3.8, 4) is 17.2 Å². The van der Waals surface area contributed by atoms with Gasteiger partial charge >= 0.3 is 0 Å². The van der Waals surface area contributed by atoms with Crippen LogP contribution in [-0.2, 0) is 11.2 Å². The van der Waals surface area contributed by atoms with Crippen LogP contribution in [0.2, 0.25) is 0 Å². The molecule has 0 aromatic heterocycles. The Morgan fingerprint density at radius 2 is 1.50 bits per heavy atom. The van der Waals surface area contributed by atoms with E-state index in [0.29, 0.717) is 30.0 Å². The summed E-state index contributed by atoms with van der Waals surface area (Å²) >= 11 is 0. The molecule has 30 heavy (non-hydrogen) atoms. The minimum Gasteiger partial charge on any atom is -0.339 e. The number of nitriles is 1. The minimum atomic E-state index is 0.215. The zero-order chi connectivity index (χ0) is 20.5. The van der Waals surface area contributed by atoms with E-state index < -0.39 is 0 Å². The Labute approximate surface area is 176 Å². The molecule has 3 aliphatic rings. The second-order valence-electron chi connectivity index (χ2n) is 8.18. The summed E-state index contributed by atoms with van der Waals surface area (Å²) in [6.45, 7) is 1.54. The van der Waals surface area contributed by atoms with E-state index in [4.69, 9.17) is 5.26 Å². The van der Waals surface area contributed by atoms with Crippen LogP contribution in [0.15, 0.2) is 78.9 Å². The highest BCUT2D eigenvalue weighted by atomic mass is 16.2. The van der Waals surface area contributed by atoms with Crippen LogP contribution in [-0.4, -0.2) is 36.0 Å². The van der Waals surface area contributed by atoms with Gasteiger partial charge in [-0.1, -0.05) is 66.7 Å². The van der Waals surface area contributed by atoms with Crippen LogP contribution in [0.1, 0.15) is 22.6 Å². The SMILES string of the molecule is N#Cc1ccc(-c2ccc(C3[C@@H]4CN(C(=O)Cc5ccccc5)C[C@H]3N4)cc2)cc1. The fraction of sp³-hybridized carbons (Fsp3) is 0.231. The Bertz CT molecular complexity index is 1070. The second kappa shape index (κ2) is 7.78. The molecule has 148 valence electrons. The van der Waals surface area contributed by atoms with Crippen molar-refractivity contribution in [2.24, 2.45) is 0 Å². The third kappa shape index (κ3) is 3.49. The molecule has 3 heterocycles. The van der Waals surface area contributed by atoms with Crippen molar-refractivity contribution in [3.05, 3.63) is 95.6 Å². The maximum Gasteiger partial charge on any atom is 0.227 e. The van der Waals surface area contributed by atoms with Gasteiger partial charge in [-0.3, -0.25) is 4.79 Å². The Morgan fingerprint density at radius 1 is 0.900 bits per heavy atom. The number of carbonyl (C=O) groups excluding carboxylic acids is 1. The summed E-state index contributed by atoms with van der Waals surface area (Å²) < 4.78 is 0. The molecular weight excluding hydrogens is 370 g/mol. The summed E-state index contributed by atoms with van der Waals surface area (Å²) in [6, 6.07) is 29.2. The fourth-order valence-corrected chi connectivity index (χ4v) is 4.71. The topological polar surface area (TPSA) is 56.1 Å². The van der Waals surface area contributed by atoms with E-state index in [9.17, 15) is 4.79 Å². The van der Waals surface area contributed by atoms with E-state index in [1.54, 1.807) is 0 Å². The van der Waals surface area contributed by atoms with Crippen molar-refractivity contribution in [2.75, 3.05) is 13.1 Å². The van der Waals surface area contributed by atoms with Gasteiger partial charge in [-0.05, 0) is 34.4 Å². The van der Waals surface area contributed by atoms with Crippen LogP contribution in [0, 0.1) is 11.3 Å². The Hall–Kier alpha value is -3.42. The molecule has 3 aromatic rings. The Balaban J connectivity index is 1.24. The standard InChI is InChI=1S/C26H23N3O/c27-15-19-6-8-20(9-7-19)21-10-12-22(13-11-21)26-23-16-29(17-24(26)28-23)25(30)14-18-4-2-1-3-5-18/h1-13,23-24,26,28H,14,16-17H2/t23-,24+,26?. The monoisotopic (exact) mass is 393 g/mol. The number of amides is 1. The van der Waals surface area contributed by atoms with Gasteiger partial charge in [-0.25, -0.2) is 0 Å². The first kappa shape index (κ1) is 18.6. The fourth-order valence-electron chi connectivity index (χ4n) is 4.71. The number of rotatable bonds is 4. The maximum atomic E-state index is 12.7. The molecule has 3 fully saturated rings. The van der Waals surface area contributed by atoms with Gasteiger partial charge < -0.3 is 10.2 Å². The van der Waals surface area contributed by atoms with Gasteiger partial charge in [-0.15, -0.1) is 0 Å². The number of piperidine rings is 1. The molecule has 3 aromatic carbocycles. The number of nitrogens with zero attached hydrogens (tertiary/aromatic N) is 2. The number of piperazine rings is 1. The summed E-state index contributed by atoms with van der Waals surface area (Å²) in [4.78, 5) is 14.7. The third-order valence-corrected chi connectivity index (χ3v) is 6.32. The van der Waals surface area contributed by atoms with Crippen molar-refractivity contribution >= 4 is 5.91 Å². The van der Waals surface area contributed by atoms with Crippen molar-refractivity contribution < 1.29 is 4.79 Å². The van der Waals surface area contributed by atoms with Crippen LogP contribution >= 0.6 is 0 Å². The lowest BCUT2D eigenvalue weighted by Crippen LogP contribution is -2.72. The lowest BCUT2D eigenvalue weighted by atomic mass is 9.74. The van der Waals surface area contributed by atoms with Gasteiger partial charge in [0, 0.05) is 31.1 Å². The smallest absolute Gasteiger partial charge is 0.227 e.